The molecule has 0 radical (unpaired) electrons. The normalized spacial score (nSPS) is 15.9. The number of hydrogen-bond donors (Lipinski definition) is 9. The van der Waals surface area contributed by atoms with Gasteiger partial charge in [0.15, 0.2) is 0 Å². The van der Waals surface area contributed by atoms with Crippen LogP contribution in [0, 0.1) is 0 Å². The van der Waals surface area contributed by atoms with Crippen LogP contribution < -0.4 is 21.7 Å². The molecule has 5 atom stereocenters. The van der Waals surface area contributed by atoms with E-state index in [9.17, 15) is 29.1 Å². The molecule has 0 aliphatic heterocycles. The molecule has 0 aromatic carbocycles. The predicted molar refractivity (Wildman–Crippen MR) is 108 cm³/mol. The summed E-state index contributed by atoms with van der Waals surface area (Å²) in [5.41, 5.74) is 5.51. The number of carboxylic acids is 2. The number of hydrogen-bond acceptors (Lipinski definition) is 9. The van der Waals surface area contributed by atoms with Crippen molar-refractivity contribution in [1.29, 1.82) is 0 Å². The third-order valence-electron chi connectivity index (χ3n) is 3.67. The van der Waals surface area contributed by atoms with Gasteiger partial charge in [0.05, 0.1) is 12.1 Å². The number of aliphatic hydroxyl groups excluding tert-OH is 1. The second-order valence-electron chi connectivity index (χ2n) is 6.09. The van der Waals surface area contributed by atoms with Crippen LogP contribution in [-0.2, 0) is 24.0 Å². The van der Waals surface area contributed by atoms with Crippen molar-refractivity contribution in [1.82, 2.24) is 16.0 Å². The standard InChI is InChI=1S/C15H26N4O8S2/c1-6(20)11(14(25)18-9(5-29)15(26)27)19-13(24)8(2-3-10(21)22)17-12(23)7(16)4-28/h6-9,11,20,28-29H,2-5,16H2,1H3,(H,17,23)(H,18,25)(H,19,24)(H,21,22)(H,26,27). The van der Waals surface area contributed by atoms with E-state index in [1.54, 1.807) is 0 Å². The van der Waals surface area contributed by atoms with E-state index in [1.165, 1.54) is 6.92 Å². The van der Waals surface area contributed by atoms with Gasteiger partial charge in [0.1, 0.15) is 18.1 Å². The van der Waals surface area contributed by atoms with E-state index in [2.05, 4.69) is 41.2 Å². The Kier molecular flexibility index (Phi) is 12.3. The molecular weight excluding hydrogens is 428 g/mol. The lowest BCUT2D eigenvalue weighted by atomic mass is 10.1. The number of carboxylic acid groups (broad SMARTS) is 2. The lowest BCUT2D eigenvalue weighted by Crippen LogP contribution is -2.60. The number of amides is 3. The van der Waals surface area contributed by atoms with Crippen molar-refractivity contribution in [2.24, 2.45) is 5.73 Å². The van der Waals surface area contributed by atoms with Gasteiger partial charge in [0.2, 0.25) is 17.7 Å². The number of thiol groups is 2. The van der Waals surface area contributed by atoms with Crippen molar-refractivity contribution in [3.05, 3.63) is 0 Å². The third-order valence-corrected chi connectivity index (χ3v) is 4.43. The molecule has 0 bridgehead atoms. The highest BCUT2D eigenvalue weighted by atomic mass is 32.1. The summed E-state index contributed by atoms with van der Waals surface area (Å²) in [6, 6.07) is -5.34. The van der Waals surface area contributed by atoms with Crippen LogP contribution in [-0.4, -0.2) is 86.8 Å². The Morgan fingerprint density at radius 2 is 1.45 bits per heavy atom. The number of carbonyl (C=O) groups excluding carboxylic acids is 3. The Morgan fingerprint density at radius 1 is 0.897 bits per heavy atom. The smallest absolute Gasteiger partial charge is 0.327 e. The van der Waals surface area contributed by atoms with E-state index >= 15 is 0 Å². The minimum atomic E-state index is -1.56. The molecular formula is C15H26N4O8S2. The van der Waals surface area contributed by atoms with Gasteiger partial charge in [0.25, 0.3) is 0 Å². The Balaban J connectivity index is 5.34. The molecule has 29 heavy (non-hydrogen) atoms. The van der Waals surface area contributed by atoms with Gasteiger partial charge in [-0.1, -0.05) is 0 Å². The molecule has 0 rings (SSSR count). The highest BCUT2D eigenvalue weighted by Crippen LogP contribution is 2.03. The summed E-state index contributed by atoms with van der Waals surface area (Å²) in [4.78, 5) is 58.5. The molecule has 8 N–H and O–H groups in total. The Hall–Kier alpha value is -2.03. The Bertz CT molecular complexity index is 619. The van der Waals surface area contributed by atoms with E-state index in [1.807, 2.05) is 0 Å². The zero-order valence-electron chi connectivity index (χ0n) is 15.6. The quantitative estimate of drug-likeness (QED) is 0.129. The van der Waals surface area contributed by atoms with Crippen LogP contribution in [0.5, 0.6) is 0 Å². The summed E-state index contributed by atoms with van der Waals surface area (Å²) in [5, 5.41) is 34.2. The largest absolute Gasteiger partial charge is 0.481 e. The van der Waals surface area contributed by atoms with Crippen molar-refractivity contribution < 1.29 is 39.3 Å². The summed E-state index contributed by atoms with van der Waals surface area (Å²) in [6.45, 7) is 1.18. The molecule has 12 nitrogen and oxygen atoms in total. The van der Waals surface area contributed by atoms with Crippen LogP contribution in [0.4, 0.5) is 0 Å². The highest BCUT2D eigenvalue weighted by molar-refractivity contribution is 7.80. The fourth-order valence-electron chi connectivity index (χ4n) is 2.00. The molecule has 166 valence electrons. The van der Waals surface area contributed by atoms with Gasteiger partial charge in [-0.2, -0.15) is 25.3 Å². The highest BCUT2D eigenvalue weighted by Gasteiger charge is 2.32. The molecule has 14 heteroatoms. The summed E-state index contributed by atoms with van der Waals surface area (Å²) < 4.78 is 0. The molecule has 0 saturated carbocycles. The second-order valence-corrected chi connectivity index (χ2v) is 6.82. The molecule has 0 aliphatic carbocycles. The maximum Gasteiger partial charge on any atom is 0.327 e. The number of aliphatic hydroxyl groups is 1. The van der Waals surface area contributed by atoms with E-state index in [-0.39, 0.29) is 17.9 Å². The molecule has 0 fully saturated rings. The SMILES string of the molecule is CC(O)C(NC(=O)C(CCC(=O)O)NC(=O)C(N)CS)C(=O)NC(CS)C(=O)O. The van der Waals surface area contributed by atoms with E-state index < -0.39 is 66.4 Å². The summed E-state index contributed by atoms with van der Waals surface area (Å²) in [6.07, 6.45) is -2.21. The first kappa shape index (κ1) is 27.0. The summed E-state index contributed by atoms with van der Waals surface area (Å²) in [5.74, 6) is -5.56. The van der Waals surface area contributed by atoms with Crippen LogP contribution in [0.25, 0.3) is 0 Å². The van der Waals surface area contributed by atoms with Crippen molar-refractivity contribution in [3.8, 4) is 0 Å². The lowest BCUT2D eigenvalue weighted by Gasteiger charge is -2.26. The fourth-order valence-corrected chi connectivity index (χ4v) is 2.42. The van der Waals surface area contributed by atoms with Crippen molar-refractivity contribution in [2.45, 2.75) is 50.0 Å². The lowest BCUT2D eigenvalue weighted by molar-refractivity contribution is -0.142. The molecule has 0 spiro atoms. The van der Waals surface area contributed by atoms with Crippen LogP contribution in [0.15, 0.2) is 0 Å². The van der Waals surface area contributed by atoms with Crippen LogP contribution >= 0.6 is 25.3 Å². The van der Waals surface area contributed by atoms with Gasteiger partial charge < -0.3 is 37.0 Å². The number of rotatable bonds is 13. The van der Waals surface area contributed by atoms with Crippen molar-refractivity contribution in [3.63, 3.8) is 0 Å². The predicted octanol–water partition coefficient (Wildman–Crippen LogP) is -3.04. The average Bonchev–Trinajstić information content (AvgIpc) is 2.65. The summed E-state index contributed by atoms with van der Waals surface area (Å²) in [7, 11) is 0. The van der Waals surface area contributed by atoms with Gasteiger partial charge in [0, 0.05) is 17.9 Å². The number of aliphatic carboxylic acids is 2. The minimum absolute atomic E-state index is 0.0297. The molecule has 0 aliphatic rings. The second kappa shape index (κ2) is 13.2. The fraction of sp³-hybridized carbons (Fsp3) is 0.667. The third kappa shape index (κ3) is 9.83. The first-order valence-electron chi connectivity index (χ1n) is 8.45. The number of nitrogens with one attached hydrogen (secondary N) is 3. The van der Waals surface area contributed by atoms with Crippen LogP contribution in [0.2, 0.25) is 0 Å². The van der Waals surface area contributed by atoms with E-state index in [0.717, 1.165) is 0 Å². The monoisotopic (exact) mass is 454 g/mol. The van der Waals surface area contributed by atoms with Crippen LogP contribution in [0.3, 0.4) is 0 Å². The topological polar surface area (TPSA) is 208 Å². The van der Waals surface area contributed by atoms with Gasteiger partial charge >= 0.3 is 11.9 Å². The zero-order valence-corrected chi connectivity index (χ0v) is 17.4. The van der Waals surface area contributed by atoms with Gasteiger partial charge in [-0.3, -0.25) is 19.2 Å². The molecule has 0 saturated heterocycles. The van der Waals surface area contributed by atoms with Gasteiger partial charge in [-0.05, 0) is 13.3 Å². The van der Waals surface area contributed by atoms with Crippen LogP contribution in [0.1, 0.15) is 19.8 Å². The molecule has 0 heterocycles. The maximum absolute atomic E-state index is 12.5. The van der Waals surface area contributed by atoms with E-state index in [0.29, 0.717) is 0 Å². The van der Waals surface area contributed by atoms with Gasteiger partial charge in [-0.15, -0.1) is 0 Å². The molecule has 0 aromatic heterocycles. The molecule has 3 amide bonds. The van der Waals surface area contributed by atoms with Gasteiger partial charge in [-0.25, -0.2) is 4.79 Å². The Morgan fingerprint density at radius 3 is 1.86 bits per heavy atom. The zero-order chi connectivity index (χ0) is 22.7. The molecule has 0 aromatic rings. The van der Waals surface area contributed by atoms with E-state index in [4.69, 9.17) is 15.9 Å². The number of nitrogens with two attached hydrogens (primary N) is 1. The first-order valence-corrected chi connectivity index (χ1v) is 9.72. The molecule has 5 unspecified atom stereocenters. The number of carbonyl (C=O) groups is 5. The first-order chi connectivity index (χ1) is 13.4. The minimum Gasteiger partial charge on any atom is -0.481 e. The van der Waals surface area contributed by atoms with Crippen molar-refractivity contribution >= 4 is 54.9 Å². The Labute approximate surface area is 177 Å². The maximum atomic E-state index is 12.5. The summed E-state index contributed by atoms with van der Waals surface area (Å²) >= 11 is 7.66. The van der Waals surface area contributed by atoms with Crippen molar-refractivity contribution in [2.75, 3.05) is 11.5 Å². The average molecular weight is 455 g/mol.